The number of nitrogens with two attached hydrogens (primary N) is 1. The molecule has 0 spiro atoms. The molecule has 0 aliphatic carbocycles. The van der Waals surface area contributed by atoms with Crippen LogP contribution in [0.25, 0.3) is 0 Å². The van der Waals surface area contributed by atoms with Crippen molar-refractivity contribution in [2.45, 2.75) is 6.54 Å². The lowest BCUT2D eigenvalue weighted by Crippen LogP contribution is -2.29. The Kier molecular flexibility index (Phi) is 6.51. The van der Waals surface area contributed by atoms with Crippen molar-refractivity contribution >= 4 is 22.4 Å². The minimum Gasteiger partial charge on any atom is -0.329 e. The fourth-order valence-corrected chi connectivity index (χ4v) is 1.86. The highest BCUT2D eigenvalue weighted by Crippen LogP contribution is 1.98. The second-order valence-corrected chi connectivity index (χ2v) is 4.84. The van der Waals surface area contributed by atoms with Gasteiger partial charge in [-0.05, 0) is 5.56 Å². The summed E-state index contributed by atoms with van der Waals surface area (Å²) >= 11 is 0. The van der Waals surface area contributed by atoms with E-state index in [1.165, 1.54) is 0 Å². The van der Waals surface area contributed by atoms with Gasteiger partial charge < -0.3 is 5.73 Å². The molecule has 0 aliphatic heterocycles. The first-order chi connectivity index (χ1) is 6.64. The zero-order valence-corrected chi connectivity index (χ0v) is 9.85. The number of benzene rings is 1. The SMILES string of the molecule is Cl.NCCS(=O)(=O)NCc1ccccc1. The summed E-state index contributed by atoms with van der Waals surface area (Å²) in [6.45, 7) is 0.466. The predicted molar refractivity (Wildman–Crippen MR) is 63.4 cm³/mol. The van der Waals surface area contributed by atoms with Gasteiger partial charge in [0.1, 0.15) is 0 Å². The lowest BCUT2D eigenvalue weighted by atomic mass is 10.2. The Labute approximate surface area is 96.3 Å². The Morgan fingerprint density at radius 1 is 1.20 bits per heavy atom. The second kappa shape index (κ2) is 6.79. The molecule has 1 aromatic carbocycles. The summed E-state index contributed by atoms with van der Waals surface area (Å²) < 4.78 is 24.9. The lowest BCUT2D eigenvalue weighted by molar-refractivity contribution is 0.581. The zero-order valence-electron chi connectivity index (χ0n) is 8.22. The largest absolute Gasteiger partial charge is 0.329 e. The highest BCUT2D eigenvalue weighted by Gasteiger charge is 2.07. The molecule has 0 heterocycles. The summed E-state index contributed by atoms with van der Waals surface area (Å²) in [7, 11) is -3.20. The third-order valence-electron chi connectivity index (χ3n) is 1.73. The van der Waals surface area contributed by atoms with Crippen molar-refractivity contribution in [2.75, 3.05) is 12.3 Å². The molecule has 3 N–H and O–H groups in total. The van der Waals surface area contributed by atoms with Crippen LogP contribution in [0, 0.1) is 0 Å². The average molecular weight is 251 g/mol. The second-order valence-electron chi connectivity index (χ2n) is 2.91. The fraction of sp³-hybridized carbons (Fsp3) is 0.333. The number of nitrogens with one attached hydrogen (secondary N) is 1. The maximum atomic E-state index is 11.2. The lowest BCUT2D eigenvalue weighted by Gasteiger charge is -2.04. The van der Waals surface area contributed by atoms with Crippen LogP contribution in [0.3, 0.4) is 0 Å². The molecule has 6 heteroatoms. The van der Waals surface area contributed by atoms with E-state index in [2.05, 4.69) is 4.72 Å². The van der Waals surface area contributed by atoms with Gasteiger partial charge in [-0.3, -0.25) is 0 Å². The molecule has 1 aromatic rings. The first kappa shape index (κ1) is 14.4. The van der Waals surface area contributed by atoms with Crippen molar-refractivity contribution in [1.29, 1.82) is 0 Å². The zero-order chi connectivity index (χ0) is 10.4. The van der Waals surface area contributed by atoms with Gasteiger partial charge in [-0.1, -0.05) is 30.3 Å². The molecule has 0 aliphatic rings. The molecule has 0 fully saturated rings. The highest BCUT2D eigenvalue weighted by atomic mass is 35.5. The molecular formula is C9H15ClN2O2S. The third kappa shape index (κ3) is 5.74. The maximum Gasteiger partial charge on any atom is 0.213 e. The maximum absolute atomic E-state index is 11.2. The van der Waals surface area contributed by atoms with Gasteiger partial charge in [-0.15, -0.1) is 12.4 Å². The molecule has 4 nitrogen and oxygen atoms in total. The molecule has 0 aromatic heterocycles. The number of sulfonamides is 1. The van der Waals surface area contributed by atoms with E-state index in [1.807, 2.05) is 30.3 Å². The molecule has 0 bridgehead atoms. The summed E-state index contributed by atoms with van der Waals surface area (Å²) in [6.07, 6.45) is 0. The Balaban J connectivity index is 0.00000196. The molecule has 0 radical (unpaired) electrons. The number of halogens is 1. The fourth-order valence-electron chi connectivity index (χ4n) is 1.02. The normalized spacial score (nSPS) is 10.7. The van der Waals surface area contributed by atoms with E-state index >= 15 is 0 Å². The van der Waals surface area contributed by atoms with Gasteiger partial charge in [-0.2, -0.15) is 0 Å². The van der Waals surface area contributed by atoms with Crippen molar-refractivity contribution in [3.63, 3.8) is 0 Å². The molecule has 15 heavy (non-hydrogen) atoms. The van der Waals surface area contributed by atoms with Crippen molar-refractivity contribution in [3.8, 4) is 0 Å². The molecule has 0 saturated carbocycles. The van der Waals surface area contributed by atoms with Gasteiger partial charge in [0.2, 0.25) is 10.0 Å². The van der Waals surface area contributed by atoms with E-state index in [4.69, 9.17) is 5.73 Å². The van der Waals surface area contributed by atoms with Crippen LogP contribution >= 0.6 is 12.4 Å². The summed E-state index contributed by atoms with van der Waals surface area (Å²) in [5.74, 6) is -0.0279. The Bertz CT molecular complexity index is 367. The van der Waals surface area contributed by atoms with Crippen LogP contribution in [0.1, 0.15) is 5.56 Å². The quantitative estimate of drug-likeness (QED) is 0.799. The van der Waals surface area contributed by atoms with E-state index in [0.717, 1.165) is 5.56 Å². The van der Waals surface area contributed by atoms with Gasteiger partial charge in [0, 0.05) is 13.1 Å². The molecule has 1 rings (SSSR count). The minimum atomic E-state index is -3.20. The van der Waals surface area contributed by atoms with Crippen LogP contribution in [0.5, 0.6) is 0 Å². The smallest absolute Gasteiger partial charge is 0.213 e. The summed E-state index contributed by atoms with van der Waals surface area (Å²) in [5.41, 5.74) is 6.10. The Morgan fingerprint density at radius 3 is 2.33 bits per heavy atom. The predicted octanol–water partition coefficient (Wildman–Crippen LogP) is 0.486. The van der Waals surface area contributed by atoms with Gasteiger partial charge in [-0.25, -0.2) is 13.1 Å². The summed E-state index contributed by atoms with van der Waals surface area (Å²) in [5, 5.41) is 0. The Morgan fingerprint density at radius 2 is 1.80 bits per heavy atom. The van der Waals surface area contributed by atoms with Crippen LogP contribution in [0.4, 0.5) is 0 Å². The summed E-state index contributed by atoms with van der Waals surface area (Å²) in [4.78, 5) is 0. The first-order valence-corrected chi connectivity index (χ1v) is 6.00. The van der Waals surface area contributed by atoms with Crippen LogP contribution in [0.15, 0.2) is 30.3 Å². The number of hydrogen-bond acceptors (Lipinski definition) is 3. The molecule has 0 unspecified atom stereocenters. The number of hydrogen-bond donors (Lipinski definition) is 2. The van der Waals surface area contributed by atoms with Crippen LogP contribution in [-0.4, -0.2) is 20.7 Å². The standard InChI is InChI=1S/C9H14N2O2S.ClH/c10-6-7-14(12,13)11-8-9-4-2-1-3-5-9;/h1-5,11H,6-8,10H2;1H. The number of rotatable bonds is 5. The highest BCUT2D eigenvalue weighted by molar-refractivity contribution is 7.89. The van der Waals surface area contributed by atoms with E-state index < -0.39 is 10.0 Å². The summed E-state index contributed by atoms with van der Waals surface area (Å²) in [6, 6.07) is 9.35. The van der Waals surface area contributed by atoms with Crippen molar-refractivity contribution in [3.05, 3.63) is 35.9 Å². The van der Waals surface area contributed by atoms with Crippen LogP contribution < -0.4 is 10.5 Å². The van der Waals surface area contributed by atoms with Crippen LogP contribution in [0.2, 0.25) is 0 Å². The molecule has 0 saturated heterocycles. The average Bonchev–Trinajstić information content (AvgIpc) is 2.17. The minimum absolute atomic E-state index is 0. The van der Waals surface area contributed by atoms with Gasteiger partial charge in [0.15, 0.2) is 0 Å². The Hall–Kier alpha value is -0.620. The molecule has 0 amide bonds. The van der Waals surface area contributed by atoms with Gasteiger partial charge in [0.05, 0.1) is 5.75 Å². The monoisotopic (exact) mass is 250 g/mol. The van der Waals surface area contributed by atoms with Gasteiger partial charge >= 0.3 is 0 Å². The first-order valence-electron chi connectivity index (χ1n) is 4.35. The van der Waals surface area contributed by atoms with E-state index in [-0.39, 0.29) is 24.7 Å². The van der Waals surface area contributed by atoms with E-state index in [0.29, 0.717) is 6.54 Å². The van der Waals surface area contributed by atoms with E-state index in [9.17, 15) is 8.42 Å². The molecular weight excluding hydrogens is 236 g/mol. The van der Waals surface area contributed by atoms with Gasteiger partial charge in [0.25, 0.3) is 0 Å². The molecule has 86 valence electrons. The molecule has 0 atom stereocenters. The van der Waals surface area contributed by atoms with Crippen LogP contribution in [-0.2, 0) is 16.6 Å². The van der Waals surface area contributed by atoms with E-state index in [1.54, 1.807) is 0 Å². The third-order valence-corrected chi connectivity index (χ3v) is 3.08. The van der Waals surface area contributed by atoms with Crippen molar-refractivity contribution in [1.82, 2.24) is 4.72 Å². The van der Waals surface area contributed by atoms with Crippen molar-refractivity contribution < 1.29 is 8.42 Å². The topological polar surface area (TPSA) is 72.2 Å². The van der Waals surface area contributed by atoms with Crippen molar-refractivity contribution in [2.24, 2.45) is 5.73 Å².